The summed E-state index contributed by atoms with van der Waals surface area (Å²) in [6, 6.07) is 15.8. The van der Waals surface area contributed by atoms with Crippen LogP contribution in [0.5, 0.6) is 0 Å². The number of nitrogens with zero attached hydrogens (tertiary/aromatic N) is 2. The van der Waals surface area contributed by atoms with Gasteiger partial charge in [0.15, 0.2) is 0 Å². The molecule has 2 aromatic rings. The molecule has 0 saturated carbocycles. The largest absolute Gasteiger partial charge is 0.368 e. The molecule has 131 valence electrons. The van der Waals surface area contributed by atoms with E-state index in [1.54, 1.807) is 0 Å². The molecule has 0 aliphatic carbocycles. The third-order valence-corrected chi connectivity index (χ3v) is 5.18. The molecular formula is C20H21Cl2N2O. The fourth-order valence-corrected chi connectivity index (χ4v) is 3.30. The van der Waals surface area contributed by atoms with Gasteiger partial charge in [0.25, 0.3) is 0 Å². The van der Waals surface area contributed by atoms with Crippen LogP contribution in [0.3, 0.4) is 0 Å². The molecule has 1 saturated heterocycles. The molecule has 0 atom stereocenters. The minimum absolute atomic E-state index is 0.223. The van der Waals surface area contributed by atoms with Crippen LogP contribution in [0.25, 0.3) is 0 Å². The van der Waals surface area contributed by atoms with Crippen molar-refractivity contribution in [1.29, 1.82) is 0 Å². The van der Waals surface area contributed by atoms with Crippen LogP contribution in [0.1, 0.15) is 18.4 Å². The molecule has 0 spiro atoms. The van der Waals surface area contributed by atoms with Crippen molar-refractivity contribution < 1.29 is 4.79 Å². The number of hydrogen-bond acceptors (Lipinski definition) is 2. The zero-order chi connectivity index (χ0) is 17.6. The van der Waals surface area contributed by atoms with Crippen LogP contribution in [0, 0.1) is 6.42 Å². The van der Waals surface area contributed by atoms with Gasteiger partial charge in [0.05, 0.1) is 10.0 Å². The van der Waals surface area contributed by atoms with E-state index in [9.17, 15) is 4.79 Å². The normalized spacial score (nSPS) is 14.6. The maximum absolute atomic E-state index is 12.4. The fourth-order valence-electron chi connectivity index (χ4n) is 3.01. The van der Waals surface area contributed by atoms with Crippen LogP contribution in [-0.2, 0) is 4.79 Å². The minimum atomic E-state index is 0.223. The van der Waals surface area contributed by atoms with Crippen LogP contribution >= 0.6 is 23.2 Å². The van der Waals surface area contributed by atoms with Gasteiger partial charge in [-0.05, 0) is 36.6 Å². The molecule has 3 nitrogen and oxygen atoms in total. The Balaban J connectivity index is 1.45. The number of benzene rings is 2. The van der Waals surface area contributed by atoms with E-state index >= 15 is 0 Å². The number of carbonyl (C=O) groups excluding carboxylic acids is 1. The van der Waals surface area contributed by atoms with E-state index in [1.165, 1.54) is 5.56 Å². The highest BCUT2D eigenvalue weighted by molar-refractivity contribution is 6.42. The van der Waals surface area contributed by atoms with Crippen LogP contribution in [0.2, 0.25) is 10.0 Å². The molecule has 0 N–H and O–H groups in total. The maximum atomic E-state index is 12.4. The summed E-state index contributed by atoms with van der Waals surface area (Å²) in [5, 5.41) is 1.13. The summed E-state index contributed by atoms with van der Waals surface area (Å²) in [7, 11) is 0. The lowest BCUT2D eigenvalue weighted by atomic mass is 10.1. The maximum Gasteiger partial charge on any atom is 0.222 e. The summed E-state index contributed by atoms with van der Waals surface area (Å²) >= 11 is 12.1. The van der Waals surface area contributed by atoms with Crippen molar-refractivity contribution in [2.45, 2.75) is 12.8 Å². The Morgan fingerprint density at radius 3 is 2.36 bits per heavy atom. The smallest absolute Gasteiger partial charge is 0.222 e. The lowest BCUT2D eigenvalue weighted by Gasteiger charge is -2.36. The van der Waals surface area contributed by atoms with Crippen LogP contribution in [0.15, 0.2) is 48.5 Å². The molecule has 0 aromatic heterocycles. The van der Waals surface area contributed by atoms with Crippen molar-refractivity contribution >= 4 is 34.8 Å². The Labute approximate surface area is 159 Å². The number of anilines is 1. The van der Waals surface area contributed by atoms with E-state index in [0.29, 0.717) is 16.5 Å². The van der Waals surface area contributed by atoms with Gasteiger partial charge in [0.1, 0.15) is 0 Å². The summed E-state index contributed by atoms with van der Waals surface area (Å²) in [5.74, 6) is 0.223. The quantitative estimate of drug-likeness (QED) is 0.757. The van der Waals surface area contributed by atoms with Gasteiger partial charge in [0, 0.05) is 38.3 Å². The first kappa shape index (κ1) is 18.1. The molecule has 1 amide bonds. The highest BCUT2D eigenvalue weighted by Crippen LogP contribution is 2.27. The van der Waals surface area contributed by atoms with Gasteiger partial charge in [-0.1, -0.05) is 53.5 Å². The van der Waals surface area contributed by atoms with Crippen LogP contribution in [0.4, 0.5) is 5.69 Å². The topological polar surface area (TPSA) is 23.6 Å². The van der Waals surface area contributed by atoms with Crippen molar-refractivity contribution in [1.82, 2.24) is 4.90 Å². The van der Waals surface area contributed by atoms with Gasteiger partial charge >= 0.3 is 0 Å². The highest BCUT2D eigenvalue weighted by atomic mass is 35.5. The van der Waals surface area contributed by atoms with Gasteiger partial charge in [0.2, 0.25) is 5.91 Å². The Bertz CT molecular complexity index is 713. The van der Waals surface area contributed by atoms with Gasteiger partial charge < -0.3 is 9.80 Å². The molecule has 25 heavy (non-hydrogen) atoms. The van der Waals surface area contributed by atoms with E-state index in [4.69, 9.17) is 23.2 Å². The zero-order valence-corrected chi connectivity index (χ0v) is 15.5. The monoisotopic (exact) mass is 375 g/mol. The van der Waals surface area contributed by atoms with Gasteiger partial charge in [-0.2, -0.15) is 0 Å². The second kappa shape index (κ2) is 8.59. The first-order valence-electron chi connectivity index (χ1n) is 8.49. The molecule has 1 aliphatic heterocycles. The second-order valence-corrected chi connectivity index (χ2v) is 6.93. The molecule has 5 heteroatoms. The van der Waals surface area contributed by atoms with Gasteiger partial charge in [-0.25, -0.2) is 0 Å². The average Bonchev–Trinajstić information content (AvgIpc) is 2.65. The summed E-state index contributed by atoms with van der Waals surface area (Å²) in [6.07, 6.45) is 3.45. The van der Waals surface area contributed by atoms with E-state index in [1.807, 2.05) is 41.3 Å². The SMILES string of the molecule is O=C(CC[CH]c1ccccc1)N1CCN(c2ccc(Cl)c(Cl)c2)CC1. The molecular weight excluding hydrogens is 355 g/mol. The minimum Gasteiger partial charge on any atom is -0.368 e. The van der Waals surface area contributed by atoms with Crippen molar-refractivity contribution in [3.8, 4) is 0 Å². The molecule has 0 unspecified atom stereocenters. The number of hydrogen-bond donors (Lipinski definition) is 0. The number of rotatable bonds is 5. The molecule has 1 radical (unpaired) electrons. The number of amides is 1. The summed E-state index contributed by atoms with van der Waals surface area (Å²) in [4.78, 5) is 16.6. The van der Waals surface area contributed by atoms with Gasteiger partial charge in [-0.3, -0.25) is 4.79 Å². The highest BCUT2D eigenvalue weighted by Gasteiger charge is 2.21. The molecule has 0 bridgehead atoms. The Morgan fingerprint density at radius 2 is 1.68 bits per heavy atom. The lowest BCUT2D eigenvalue weighted by Crippen LogP contribution is -2.48. The number of halogens is 2. The van der Waals surface area contributed by atoms with E-state index in [0.717, 1.165) is 38.3 Å². The Morgan fingerprint density at radius 1 is 0.960 bits per heavy atom. The zero-order valence-electron chi connectivity index (χ0n) is 14.0. The summed E-state index contributed by atoms with van der Waals surface area (Å²) in [6.45, 7) is 3.10. The first-order chi connectivity index (χ1) is 12.1. The predicted octanol–water partition coefficient (Wildman–Crippen LogP) is 4.67. The molecule has 1 fully saturated rings. The van der Waals surface area contributed by atoms with Crippen LogP contribution in [-0.4, -0.2) is 37.0 Å². The first-order valence-corrected chi connectivity index (χ1v) is 9.25. The summed E-state index contributed by atoms with van der Waals surface area (Å²) < 4.78 is 0. The van der Waals surface area contributed by atoms with Crippen LogP contribution < -0.4 is 4.90 Å². The van der Waals surface area contributed by atoms with Crippen molar-refractivity contribution in [3.63, 3.8) is 0 Å². The van der Waals surface area contributed by atoms with E-state index < -0.39 is 0 Å². The van der Waals surface area contributed by atoms with Crippen molar-refractivity contribution in [2.24, 2.45) is 0 Å². The van der Waals surface area contributed by atoms with E-state index in [2.05, 4.69) is 23.5 Å². The molecule has 3 rings (SSSR count). The van der Waals surface area contributed by atoms with Gasteiger partial charge in [-0.15, -0.1) is 0 Å². The molecule has 1 aliphatic rings. The molecule has 2 aromatic carbocycles. The van der Waals surface area contributed by atoms with Crippen molar-refractivity contribution in [3.05, 3.63) is 70.6 Å². The summed E-state index contributed by atoms with van der Waals surface area (Å²) in [5.41, 5.74) is 2.22. The standard InChI is InChI=1S/C20H21Cl2N2O/c21-18-10-9-17(15-19(18)22)23-11-13-24(14-12-23)20(25)8-4-7-16-5-2-1-3-6-16/h1-3,5-7,9-10,15H,4,8,11-14H2. The second-order valence-electron chi connectivity index (χ2n) is 6.12. The predicted molar refractivity (Wildman–Crippen MR) is 104 cm³/mol. The Kier molecular flexibility index (Phi) is 6.22. The third-order valence-electron chi connectivity index (χ3n) is 4.44. The third kappa shape index (κ3) is 4.90. The lowest BCUT2D eigenvalue weighted by molar-refractivity contribution is -0.131. The Hall–Kier alpha value is -1.71. The fraction of sp³-hybridized carbons (Fsp3) is 0.300. The van der Waals surface area contributed by atoms with E-state index in [-0.39, 0.29) is 5.91 Å². The molecule has 1 heterocycles. The van der Waals surface area contributed by atoms with Crippen molar-refractivity contribution in [2.75, 3.05) is 31.1 Å². The number of carbonyl (C=O) groups is 1. The average molecular weight is 376 g/mol. The number of piperazine rings is 1.